The van der Waals surface area contributed by atoms with Gasteiger partial charge in [0.2, 0.25) is 4.96 Å². The third-order valence-corrected chi connectivity index (χ3v) is 5.07. The van der Waals surface area contributed by atoms with Crippen LogP contribution in [0.3, 0.4) is 0 Å². The molecule has 0 spiro atoms. The van der Waals surface area contributed by atoms with E-state index in [1.54, 1.807) is 0 Å². The molecule has 0 saturated heterocycles. The molecule has 104 valence electrons. The van der Waals surface area contributed by atoms with Gasteiger partial charge in [-0.15, -0.1) is 10.2 Å². The molecule has 0 amide bonds. The number of aliphatic carboxylic acids is 1. The minimum Gasteiger partial charge on any atom is -0.481 e. The van der Waals surface area contributed by atoms with E-state index in [0.717, 1.165) is 35.1 Å². The number of hydrogen-bond donors (Lipinski definition) is 1. The van der Waals surface area contributed by atoms with Gasteiger partial charge in [-0.2, -0.15) is 9.61 Å². The highest BCUT2D eigenvalue weighted by atomic mass is 32.1. The molecule has 2 aromatic rings. The molecule has 0 unspecified atom stereocenters. The average Bonchev–Trinajstić information content (AvgIpc) is 3.08. The Balaban J connectivity index is 1.73. The van der Waals surface area contributed by atoms with Gasteiger partial charge in [0.25, 0.3) is 0 Å². The smallest absolute Gasteiger partial charge is 0.307 e. The molecule has 20 heavy (non-hydrogen) atoms. The molecule has 0 radical (unpaired) electrons. The monoisotopic (exact) mass is 290 g/mol. The highest BCUT2D eigenvalue weighted by molar-refractivity contribution is 7.16. The Bertz CT molecular complexity index is 700. The van der Waals surface area contributed by atoms with Crippen molar-refractivity contribution in [1.82, 2.24) is 19.8 Å². The molecule has 0 bridgehead atoms. The minimum absolute atomic E-state index is 0.0451. The molecule has 2 heterocycles. The number of hydrogen-bond acceptors (Lipinski definition) is 5. The van der Waals surface area contributed by atoms with Crippen molar-refractivity contribution in [1.29, 1.82) is 0 Å². The molecule has 1 fully saturated rings. The third-order valence-electron chi connectivity index (χ3n) is 4.04. The van der Waals surface area contributed by atoms with Crippen molar-refractivity contribution in [2.45, 2.75) is 37.5 Å². The summed E-state index contributed by atoms with van der Waals surface area (Å²) < 4.78 is 1.81. The van der Waals surface area contributed by atoms with E-state index in [1.807, 2.05) is 16.7 Å². The number of carbonyl (C=O) groups is 1. The minimum atomic E-state index is -0.743. The first-order valence-electron chi connectivity index (χ1n) is 6.84. The molecule has 2 aliphatic rings. The predicted molar refractivity (Wildman–Crippen MR) is 72.9 cm³/mol. The summed E-state index contributed by atoms with van der Waals surface area (Å²) in [6, 6.07) is 0. The average molecular weight is 290 g/mol. The van der Waals surface area contributed by atoms with Crippen LogP contribution in [0.2, 0.25) is 0 Å². The van der Waals surface area contributed by atoms with Gasteiger partial charge >= 0.3 is 5.97 Å². The van der Waals surface area contributed by atoms with E-state index in [9.17, 15) is 9.90 Å². The number of aromatic nitrogens is 4. The highest BCUT2D eigenvalue weighted by Crippen LogP contribution is 2.41. The van der Waals surface area contributed by atoms with Crippen molar-refractivity contribution in [2.24, 2.45) is 5.92 Å². The van der Waals surface area contributed by atoms with Crippen molar-refractivity contribution in [3.63, 3.8) is 0 Å². The molecule has 2 aliphatic carbocycles. The Morgan fingerprint density at radius 1 is 1.30 bits per heavy atom. The Kier molecular flexibility index (Phi) is 2.63. The summed E-state index contributed by atoms with van der Waals surface area (Å²) in [7, 11) is 0. The lowest BCUT2D eigenvalue weighted by atomic mass is 9.83. The zero-order chi connectivity index (χ0) is 13.7. The molecular weight excluding hydrogens is 276 g/mol. The predicted octanol–water partition coefficient (Wildman–Crippen LogP) is 2.20. The standard InChI is InChI=1S/C13H14N4O2S/c18-12(19)9-4-2-1-3-8(9)11-16-17-10(7-5-6-7)14-15-13(17)20-11/h1-2,7-9H,3-6H2,(H,18,19)/t8-,9+/m1/s1. The second kappa shape index (κ2) is 4.37. The normalized spacial score (nSPS) is 26.2. The first kappa shape index (κ1) is 12.0. The van der Waals surface area contributed by atoms with Gasteiger partial charge in [0.15, 0.2) is 5.82 Å². The second-order valence-corrected chi connectivity index (χ2v) is 6.45. The second-order valence-electron chi connectivity index (χ2n) is 5.46. The van der Waals surface area contributed by atoms with Crippen LogP contribution in [-0.2, 0) is 4.79 Å². The van der Waals surface area contributed by atoms with Gasteiger partial charge in [-0.3, -0.25) is 4.79 Å². The van der Waals surface area contributed by atoms with E-state index in [2.05, 4.69) is 15.3 Å². The zero-order valence-corrected chi connectivity index (χ0v) is 11.6. The Morgan fingerprint density at radius 3 is 2.85 bits per heavy atom. The van der Waals surface area contributed by atoms with E-state index in [1.165, 1.54) is 11.3 Å². The van der Waals surface area contributed by atoms with Crippen LogP contribution >= 0.6 is 11.3 Å². The van der Waals surface area contributed by atoms with Gasteiger partial charge in [-0.05, 0) is 25.7 Å². The molecule has 0 aliphatic heterocycles. The van der Waals surface area contributed by atoms with Gasteiger partial charge in [-0.1, -0.05) is 23.5 Å². The lowest BCUT2D eigenvalue weighted by molar-refractivity contribution is -0.142. The fraction of sp³-hybridized carbons (Fsp3) is 0.538. The number of fused-ring (bicyclic) bond motifs is 1. The van der Waals surface area contributed by atoms with Gasteiger partial charge in [0.05, 0.1) is 5.92 Å². The summed E-state index contributed by atoms with van der Waals surface area (Å²) in [5.41, 5.74) is 0. The van der Waals surface area contributed by atoms with Crippen molar-refractivity contribution in [3.8, 4) is 0 Å². The maximum atomic E-state index is 11.4. The summed E-state index contributed by atoms with van der Waals surface area (Å²) in [6.07, 6.45) is 7.62. The number of nitrogens with zero attached hydrogens (tertiary/aromatic N) is 4. The van der Waals surface area contributed by atoms with E-state index in [0.29, 0.717) is 12.3 Å². The van der Waals surface area contributed by atoms with E-state index in [-0.39, 0.29) is 11.8 Å². The zero-order valence-electron chi connectivity index (χ0n) is 10.8. The summed E-state index contributed by atoms with van der Waals surface area (Å²) >= 11 is 1.47. The molecule has 1 N–H and O–H groups in total. The van der Waals surface area contributed by atoms with Gasteiger partial charge < -0.3 is 5.11 Å². The molecule has 7 heteroatoms. The molecule has 1 saturated carbocycles. The number of allylic oxidation sites excluding steroid dienone is 2. The van der Waals surface area contributed by atoms with Crippen molar-refractivity contribution >= 4 is 22.3 Å². The molecule has 6 nitrogen and oxygen atoms in total. The lowest BCUT2D eigenvalue weighted by Gasteiger charge is -2.22. The molecular formula is C13H14N4O2S. The SMILES string of the molecule is O=C(O)[C@H]1CC=CC[C@H]1c1nn2c(C3CC3)nnc2s1. The molecule has 2 aromatic heterocycles. The summed E-state index contributed by atoms with van der Waals surface area (Å²) in [5.74, 6) is 0.249. The van der Waals surface area contributed by atoms with E-state index >= 15 is 0 Å². The summed E-state index contributed by atoms with van der Waals surface area (Å²) in [5, 5.41) is 23.2. The van der Waals surface area contributed by atoms with Crippen LogP contribution in [0.4, 0.5) is 0 Å². The van der Waals surface area contributed by atoms with Crippen LogP contribution in [0.15, 0.2) is 12.2 Å². The number of rotatable bonds is 3. The van der Waals surface area contributed by atoms with Gasteiger partial charge in [-0.25, -0.2) is 0 Å². The molecule has 4 rings (SSSR count). The van der Waals surface area contributed by atoms with E-state index in [4.69, 9.17) is 0 Å². The maximum Gasteiger partial charge on any atom is 0.307 e. The van der Waals surface area contributed by atoms with Crippen LogP contribution in [-0.4, -0.2) is 30.9 Å². The first-order valence-corrected chi connectivity index (χ1v) is 7.65. The van der Waals surface area contributed by atoms with Crippen LogP contribution in [0.25, 0.3) is 4.96 Å². The van der Waals surface area contributed by atoms with Gasteiger partial charge in [0.1, 0.15) is 5.01 Å². The van der Waals surface area contributed by atoms with Crippen molar-refractivity contribution in [2.75, 3.05) is 0 Å². The fourth-order valence-corrected chi connectivity index (χ4v) is 3.78. The number of carboxylic acid groups (broad SMARTS) is 1. The van der Waals surface area contributed by atoms with E-state index < -0.39 is 5.97 Å². The Labute approximate surface area is 119 Å². The van der Waals surface area contributed by atoms with Gasteiger partial charge in [0, 0.05) is 11.8 Å². The van der Waals surface area contributed by atoms with Crippen LogP contribution in [0, 0.1) is 5.92 Å². The maximum absolute atomic E-state index is 11.4. The third kappa shape index (κ3) is 1.84. The highest BCUT2D eigenvalue weighted by Gasteiger charge is 2.34. The van der Waals surface area contributed by atoms with Crippen LogP contribution in [0.1, 0.15) is 48.4 Å². The van der Waals surface area contributed by atoms with Crippen molar-refractivity contribution in [3.05, 3.63) is 23.0 Å². The summed E-state index contributed by atoms with van der Waals surface area (Å²) in [6.45, 7) is 0. The lowest BCUT2D eigenvalue weighted by Crippen LogP contribution is -2.23. The first-order chi connectivity index (χ1) is 9.74. The Hall–Kier alpha value is -1.76. The van der Waals surface area contributed by atoms with Crippen LogP contribution < -0.4 is 0 Å². The number of carboxylic acids is 1. The quantitative estimate of drug-likeness (QED) is 0.876. The largest absolute Gasteiger partial charge is 0.481 e. The fourth-order valence-electron chi connectivity index (χ4n) is 2.75. The van der Waals surface area contributed by atoms with Crippen molar-refractivity contribution < 1.29 is 9.90 Å². The molecule has 2 atom stereocenters. The molecule has 0 aromatic carbocycles. The Morgan fingerprint density at radius 2 is 2.10 bits per heavy atom. The summed E-state index contributed by atoms with van der Waals surface area (Å²) in [4.78, 5) is 12.2. The topological polar surface area (TPSA) is 80.4 Å². The van der Waals surface area contributed by atoms with Crippen LogP contribution in [0.5, 0.6) is 0 Å².